The largest absolute Gasteiger partial charge is 0.481 e. The summed E-state index contributed by atoms with van der Waals surface area (Å²) in [7, 11) is 0. The summed E-state index contributed by atoms with van der Waals surface area (Å²) < 4.78 is 0. The average molecular weight is 350 g/mol. The lowest BCUT2D eigenvalue weighted by Gasteiger charge is -2.33. The summed E-state index contributed by atoms with van der Waals surface area (Å²) in [5, 5.41) is 8.81. The molecule has 3 atom stereocenters. The molecule has 138 valence electrons. The van der Waals surface area contributed by atoms with E-state index in [1.165, 1.54) is 4.90 Å². The number of hydrogen-bond acceptors (Lipinski definition) is 4. The molecule has 0 radical (unpaired) electrons. The number of aliphatic carboxylic acids is 1. The zero-order valence-corrected chi connectivity index (χ0v) is 14.5. The van der Waals surface area contributed by atoms with Crippen LogP contribution in [0.4, 0.5) is 0 Å². The van der Waals surface area contributed by atoms with Crippen LogP contribution < -0.4 is 0 Å². The minimum absolute atomic E-state index is 0.110. The van der Waals surface area contributed by atoms with Crippen LogP contribution in [0.3, 0.4) is 0 Å². The smallest absolute Gasteiger partial charge is 0.303 e. The molecule has 2 saturated heterocycles. The van der Waals surface area contributed by atoms with Gasteiger partial charge in [0, 0.05) is 19.5 Å². The van der Waals surface area contributed by atoms with Crippen LogP contribution in [-0.2, 0) is 19.2 Å². The Kier molecular flexibility index (Phi) is 5.39. The van der Waals surface area contributed by atoms with Crippen molar-refractivity contribution >= 4 is 23.7 Å². The standard InChI is InChI=1S/C18H26N2O5/c21-15(19-9-3-4-12(10-19)7-8-16(22)23)11-20-17(24)13-5-1-2-6-14(13)18(20)25/h12-14H,1-11H2,(H,22,23). The van der Waals surface area contributed by atoms with E-state index in [0.29, 0.717) is 19.5 Å². The number of nitrogens with zero attached hydrogens (tertiary/aromatic N) is 2. The predicted octanol–water partition coefficient (Wildman–Crippen LogP) is 1.26. The number of fused-ring (bicyclic) bond motifs is 1. The van der Waals surface area contributed by atoms with Gasteiger partial charge in [0.05, 0.1) is 11.8 Å². The van der Waals surface area contributed by atoms with E-state index in [1.807, 2.05) is 0 Å². The third kappa shape index (κ3) is 3.85. The number of rotatable bonds is 5. The number of likely N-dealkylation sites (tertiary alicyclic amines) is 2. The van der Waals surface area contributed by atoms with Gasteiger partial charge in [-0.25, -0.2) is 0 Å². The van der Waals surface area contributed by atoms with E-state index in [4.69, 9.17) is 5.11 Å². The first kappa shape index (κ1) is 17.9. The van der Waals surface area contributed by atoms with E-state index in [9.17, 15) is 19.2 Å². The van der Waals surface area contributed by atoms with Gasteiger partial charge in [-0.15, -0.1) is 0 Å². The van der Waals surface area contributed by atoms with Crippen LogP contribution in [0.2, 0.25) is 0 Å². The van der Waals surface area contributed by atoms with Gasteiger partial charge < -0.3 is 10.0 Å². The summed E-state index contributed by atoms with van der Waals surface area (Å²) in [5.74, 6) is -1.64. The molecule has 0 aromatic heterocycles. The van der Waals surface area contributed by atoms with E-state index in [0.717, 1.165) is 38.5 Å². The molecule has 3 rings (SSSR count). The lowest BCUT2D eigenvalue weighted by Crippen LogP contribution is -2.46. The third-order valence-corrected chi connectivity index (χ3v) is 5.86. The van der Waals surface area contributed by atoms with Crippen LogP contribution in [0.5, 0.6) is 0 Å². The van der Waals surface area contributed by atoms with Gasteiger partial charge in [0.2, 0.25) is 17.7 Å². The van der Waals surface area contributed by atoms with Crippen LogP contribution in [0.15, 0.2) is 0 Å². The molecule has 7 heteroatoms. The minimum atomic E-state index is -0.820. The van der Waals surface area contributed by atoms with E-state index in [-0.39, 0.29) is 48.4 Å². The summed E-state index contributed by atoms with van der Waals surface area (Å²) >= 11 is 0. The highest BCUT2D eigenvalue weighted by atomic mass is 16.4. The molecule has 0 bridgehead atoms. The van der Waals surface area contributed by atoms with Crippen molar-refractivity contribution in [2.75, 3.05) is 19.6 Å². The Balaban J connectivity index is 1.57. The van der Waals surface area contributed by atoms with Crippen LogP contribution >= 0.6 is 0 Å². The van der Waals surface area contributed by atoms with Gasteiger partial charge >= 0.3 is 5.97 Å². The fraction of sp³-hybridized carbons (Fsp3) is 0.778. The lowest BCUT2D eigenvalue weighted by atomic mass is 9.81. The first-order valence-corrected chi connectivity index (χ1v) is 9.32. The summed E-state index contributed by atoms with van der Waals surface area (Å²) in [6.45, 7) is 0.983. The number of piperidine rings is 1. The lowest BCUT2D eigenvalue weighted by molar-refractivity contribution is -0.147. The normalized spacial score (nSPS) is 29.7. The highest BCUT2D eigenvalue weighted by Crippen LogP contribution is 2.38. The fourth-order valence-electron chi connectivity index (χ4n) is 4.48. The van der Waals surface area contributed by atoms with Gasteiger partial charge in [-0.2, -0.15) is 0 Å². The molecule has 2 aliphatic heterocycles. The maximum absolute atomic E-state index is 12.6. The average Bonchev–Trinajstić information content (AvgIpc) is 2.85. The molecule has 1 N–H and O–H groups in total. The highest BCUT2D eigenvalue weighted by molar-refractivity contribution is 6.07. The molecular weight excluding hydrogens is 324 g/mol. The number of hydrogen-bond donors (Lipinski definition) is 1. The van der Waals surface area contributed by atoms with Gasteiger partial charge in [0.1, 0.15) is 6.54 Å². The molecule has 3 aliphatic rings. The van der Waals surface area contributed by atoms with Crippen molar-refractivity contribution in [3.63, 3.8) is 0 Å². The van der Waals surface area contributed by atoms with Crippen molar-refractivity contribution < 1.29 is 24.3 Å². The molecule has 7 nitrogen and oxygen atoms in total. The van der Waals surface area contributed by atoms with Crippen molar-refractivity contribution in [2.45, 2.75) is 51.4 Å². The molecule has 1 saturated carbocycles. The Labute approximate surface area is 147 Å². The minimum Gasteiger partial charge on any atom is -0.481 e. The zero-order valence-electron chi connectivity index (χ0n) is 14.5. The van der Waals surface area contributed by atoms with Gasteiger partial charge in [-0.05, 0) is 38.0 Å². The molecule has 25 heavy (non-hydrogen) atoms. The second kappa shape index (κ2) is 7.54. The quantitative estimate of drug-likeness (QED) is 0.753. The van der Waals surface area contributed by atoms with Crippen molar-refractivity contribution in [1.29, 1.82) is 0 Å². The van der Waals surface area contributed by atoms with E-state index >= 15 is 0 Å². The van der Waals surface area contributed by atoms with E-state index < -0.39 is 5.97 Å². The summed E-state index contributed by atoms with van der Waals surface area (Å²) in [5.41, 5.74) is 0. The monoisotopic (exact) mass is 350 g/mol. The topological polar surface area (TPSA) is 95.0 Å². The van der Waals surface area contributed by atoms with Crippen molar-refractivity contribution in [2.24, 2.45) is 17.8 Å². The fourth-order valence-corrected chi connectivity index (χ4v) is 4.48. The number of carboxylic acids is 1. The zero-order chi connectivity index (χ0) is 18.0. The Morgan fingerprint density at radius 3 is 2.24 bits per heavy atom. The molecule has 2 heterocycles. The number of carbonyl (C=O) groups is 4. The van der Waals surface area contributed by atoms with Crippen LogP contribution in [0.25, 0.3) is 0 Å². The Bertz CT molecular complexity index is 552. The molecule has 1 aliphatic carbocycles. The first-order valence-electron chi connectivity index (χ1n) is 9.32. The van der Waals surface area contributed by atoms with Crippen LogP contribution in [0, 0.1) is 17.8 Å². The number of carboxylic acid groups (broad SMARTS) is 1. The molecule has 0 aromatic rings. The molecular formula is C18H26N2O5. The Hall–Kier alpha value is -1.92. The predicted molar refractivity (Wildman–Crippen MR) is 88.3 cm³/mol. The van der Waals surface area contributed by atoms with E-state index in [2.05, 4.69) is 0 Å². The second-order valence-corrected chi connectivity index (χ2v) is 7.54. The number of carbonyl (C=O) groups excluding carboxylic acids is 3. The van der Waals surface area contributed by atoms with Gasteiger partial charge in [-0.1, -0.05) is 12.8 Å². The number of amides is 3. The summed E-state index contributed by atoms with van der Waals surface area (Å²) in [4.78, 5) is 51.1. The van der Waals surface area contributed by atoms with E-state index in [1.54, 1.807) is 4.90 Å². The molecule has 0 aromatic carbocycles. The Morgan fingerprint density at radius 1 is 1.00 bits per heavy atom. The molecule has 0 spiro atoms. The third-order valence-electron chi connectivity index (χ3n) is 5.86. The Morgan fingerprint density at radius 2 is 1.64 bits per heavy atom. The highest BCUT2D eigenvalue weighted by Gasteiger charge is 2.48. The molecule has 3 fully saturated rings. The van der Waals surface area contributed by atoms with Crippen LogP contribution in [0.1, 0.15) is 51.4 Å². The SMILES string of the molecule is O=C(O)CCC1CCCN(C(=O)CN2C(=O)C3CCCCC3C2=O)C1. The van der Waals surface area contributed by atoms with Gasteiger partial charge in [0.25, 0.3) is 0 Å². The summed E-state index contributed by atoms with van der Waals surface area (Å²) in [6.07, 6.45) is 5.87. The maximum Gasteiger partial charge on any atom is 0.303 e. The van der Waals surface area contributed by atoms with Gasteiger partial charge in [0.15, 0.2) is 0 Å². The van der Waals surface area contributed by atoms with Crippen molar-refractivity contribution in [1.82, 2.24) is 9.80 Å². The van der Waals surface area contributed by atoms with Crippen molar-refractivity contribution in [3.05, 3.63) is 0 Å². The molecule has 3 unspecified atom stereocenters. The maximum atomic E-state index is 12.6. The number of imide groups is 1. The first-order chi connectivity index (χ1) is 12.0. The van der Waals surface area contributed by atoms with Crippen molar-refractivity contribution in [3.8, 4) is 0 Å². The summed E-state index contributed by atoms with van der Waals surface area (Å²) in [6, 6.07) is 0. The second-order valence-electron chi connectivity index (χ2n) is 7.54. The van der Waals surface area contributed by atoms with Crippen LogP contribution in [-0.4, -0.2) is 58.2 Å². The van der Waals surface area contributed by atoms with Gasteiger partial charge in [-0.3, -0.25) is 24.1 Å². The molecule has 3 amide bonds.